The Bertz CT molecular complexity index is 1530. The van der Waals surface area contributed by atoms with Crippen LogP contribution >= 0.6 is 0 Å². The molecule has 0 saturated carbocycles. The summed E-state index contributed by atoms with van der Waals surface area (Å²) in [5.74, 6) is 1.06. The molecule has 1 aromatic heterocycles. The molecule has 1 amide bonds. The van der Waals surface area contributed by atoms with Gasteiger partial charge in [-0.15, -0.1) is 0 Å². The first-order valence-electron chi connectivity index (χ1n) is 13.3. The van der Waals surface area contributed by atoms with Crippen molar-refractivity contribution in [1.29, 1.82) is 0 Å². The Labute approximate surface area is 239 Å². The van der Waals surface area contributed by atoms with Crippen molar-refractivity contribution in [2.75, 3.05) is 38.3 Å². The van der Waals surface area contributed by atoms with Crippen LogP contribution in [-0.2, 0) is 23.6 Å². The van der Waals surface area contributed by atoms with Gasteiger partial charge in [0, 0.05) is 38.8 Å². The number of nitrogens with one attached hydrogen (secondary N) is 1. The number of fused-ring (bicyclic) bond motifs is 2. The molecule has 0 bridgehead atoms. The van der Waals surface area contributed by atoms with Gasteiger partial charge in [-0.1, -0.05) is 19.1 Å². The molecule has 0 radical (unpaired) electrons. The Balaban J connectivity index is 1.46. The number of aryl methyl sites for hydroxylation is 1. The molecule has 3 heterocycles. The van der Waals surface area contributed by atoms with Gasteiger partial charge in [0.2, 0.25) is 6.79 Å². The number of ether oxygens (including phenoxy) is 3. The highest BCUT2D eigenvalue weighted by Gasteiger charge is 2.35. The topological polar surface area (TPSA) is 135 Å². The van der Waals surface area contributed by atoms with Crippen LogP contribution in [0.25, 0.3) is 0 Å². The molecule has 2 N–H and O–H groups in total. The first kappa shape index (κ1) is 28.7. The normalized spacial score (nSPS) is 19.4. The lowest BCUT2D eigenvalue weighted by molar-refractivity contribution is 0.0344. The fourth-order valence-electron chi connectivity index (χ4n) is 4.99. The summed E-state index contributed by atoms with van der Waals surface area (Å²) in [6.07, 6.45) is 2.36. The lowest BCUT2D eigenvalue weighted by Crippen LogP contribution is -2.49. The number of amides is 1. The van der Waals surface area contributed by atoms with E-state index in [-0.39, 0.29) is 47.3 Å². The number of carbonyl (C=O) groups excluding carboxylic acids is 1. The van der Waals surface area contributed by atoms with Gasteiger partial charge in [0.05, 0.1) is 30.2 Å². The lowest BCUT2D eigenvalue weighted by atomic mass is 9.99. The number of anilines is 1. The Morgan fingerprint density at radius 2 is 2.00 bits per heavy atom. The highest BCUT2D eigenvalue weighted by atomic mass is 32.2. The fourth-order valence-corrected chi connectivity index (χ4v) is 6.03. The molecule has 0 spiro atoms. The molecular formula is C28H35N5O7S. The molecule has 5 rings (SSSR count). The maximum absolute atomic E-state index is 13.7. The van der Waals surface area contributed by atoms with Gasteiger partial charge in [-0.2, -0.15) is 8.42 Å². The minimum Gasteiger partial charge on any atom is -0.486 e. The van der Waals surface area contributed by atoms with Gasteiger partial charge >= 0.3 is 0 Å². The van der Waals surface area contributed by atoms with E-state index in [1.807, 2.05) is 32.2 Å². The van der Waals surface area contributed by atoms with Crippen molar-refractivity contribution < 1.29 is 32.5 Å². The summed E-state index contributed by atoms with van der Waals surface area (Å²) in [5.41, 5.74) is 1.38. The number of likely N-dealkylation sites (N-methyl/N-ethyl adjacent to an activating group) is 1. The van der Waals surface area contributed by atoms with Crippen molar-refractivity contribution in [2.45, 2.75) is 37.6 Å². The average Bonchev–Trinajstić information content (AvgIpc) is 3.59. The Morgan fingerprint density at radius 3 is 2.73 bits per heavy atom. The van der Waals surface area contributed by atoms with E-state index in [4.69, 9.17) is 14.2 Å². The summed E-state index contributed by atoms with van der Waals surface area (Å²) in [4.78, 5) is 21.4. The number of sulfonamides is 1. The van der Waals surface area contributed by atoms with Crippen molar-refractivity contribution in [3.8, 4) is 17.2 Å². The van der Waals surface area contributed by atoms with Gasteiger partial charge < -0.3 is 28.8 Å². The summed E-state index contributed by atoms with van der Waals surface area (Å²) in [6.45, 7) is 5.18. The van der Waals surface area contributed by atoms with Crippen LogP contribution in [0.4, 0.5) is 5.69 Å². The van der Waals surface area contributed by atoms with Crippen LogP contribution in [0.1, 0.15) is 29.8 Å². The zero-order valence-electron chi connectivity index (χ0n) is 23.5. The third kappa shape index (κ3) is 6.11. The van der Waals surface area contributed by atoms with E-state index in [9.17, 15) is 18.3 Å². The quantitative estimate of drug-likeness (QED) is 0.388. The molecule has 3 aromatic rings. The predicted octanol–water partition coefficient (Wildman–Crippen LogP) is 2.30. The number of benzene rings is 2. The number of nitrogens with zero attached hydrogens (tertiary/aromatic N) is 4. The molecule has 12 nitrogen and oxygen atoms in total. The molecule has 0 fully saturated rings. The zero-order chi connectivity index (χ0) is 29.3. The number of aromatic nitrogens is 2. The summed E-state index contributed by atoms with van der Waals surface area (Å²) in [7, 11) is -0.415. The first-order valence-corrected chi connectivity index (χ1v) is 14.8. The second-order valence-electron chi connectivity index (χ2n) is 10.7. The summed E-state index contributed by atoms with van der Waals surface area (Å²) < 4.78 is 47.9. The maximum Gasteiger partial charge on any atom is 0.281 e. The second kappa shape index (κ2) is 11.6. The lowest BCUT2D eigenvalue weighted by Gasteiger charge is -2.38. The Kier molecular flexibility index (Phi) is 8.11. The van der Waals surface area contributed by atoms with E-state index in [0.717, 1.165) is 5.56 Å². The van der Waals surface area contributed by atoms with Crippen molar-refractivity contribution >= 4 is 21.6 Å². The molecular weight excluding hydrogens is 550 g/mol. The van der Waals surface area contributed by atoms with Crippen LogP contribution < -0.4 is 18.9 Å². The first-order chi connectivity index (χ1) is 19.6. The molecule has 2 aliphatic heterocycles. The highest BCUT2D eigenvalue weighted by Crippen LogP contribution is 2.36. The van der Waals surface area contributed by atoms with E-state index in [0.29, 0.717) is 31.1 Å². The second-order valence-corrected chi connectivity index (χ2v) is 12.3. The predicted molar refractivity (Wildman–Crippen MR) is 151 cm³/mol. The van der Waals surface area contributed by atoms with Gasteiger partial charge in [-0.05, 0) is 43.8 Å². The minimum atomic E-state index is -4.06. The Hall–Kier alpha value is -3.81. The van der Waals surface area contributed by atoms with Crippen LogP contribution in [0.5, 0.6) is 17.2 Å². The summed E-state index contributed by atoms with van der Waals surface area (Å²) in [6, 6.07) is 10.1. The molecule has 41 heavy (non-hydrogen) atoms. The molecule has 3 atom stereocenters. The number of imidazole rings is 1. The molecule has 220 valence electrons. The van der Waals surface area contributed by atoms with E-state index in [1.165, 1.54) is 17.1 Å². The van der Waals surface area contributed by atoms with E-state index in [2.05, 4.69) is 14.6 Å². The van der Waals surface area contributed by atoms with Crippen LogP contribution in [0.3, 0.4) is 0 Å². The van der Waals surface area contributed by atoms with E-state index >= 15 is 0 Å². The van der Waals surface area contributed by atoms with Gasteiger partial charge in [-0.3, -0.25) is 14.4 Å². The monoisotopic (exact) mass is 585 g/mol. The third-order valence-electron chi connectivity index (χ3n) is 7.27. The average molecular weight is 586 g/mol. The van der Waals surface area contributed by atoms with E-state index < -0.39 is 22.2 Å². The number of rotatable bonds is 9. The van der Waals surface area contributed by atoms with Gasteiger partial charge in [0.15, 0.2) is 22.3 Å². The number of hydrogen-bond donors (Lipinski definition) is 2. The Morgan fingerprint density at radius 1 is 1.22 bits per heavy atom. The SMILES string of the molecule is C[C@H]1CN([C@@H](C)CO)C(=O)c2cccc(NS(=O)(=O)c3cn(C)cn3)c2O[C@@H]1CN(C)Cc1ccc2c(c1)OCO2. The molecule has 2 aliphatic rings. The van der Waals surface area contributed by atoms with Crippen LogP contribution in [0.15, 0.2) is 53.9 Å². The smallest absolute Gasteiger partial charge is 0.281 e. The van der Waals surface area contributed by atoms with Gasteiger partial charge in [0.25, 0.3) is 15.9 Å². The molecule has 0 aliphatic carbocycles. The number of aliphatic hydroxyl groups is 1. The third-order valence-corrected chi connectivity index (χ3v) is 8.52. The van der Waals surface area contributed by atoms with Crippen molar-refractivity contribution in [1.82, 2.24) is 19.4 Å². The fraction of sp³-hybridized carbons (Fsp3) is 0.429. The number of carbonyl (C=O) groups is 1. The highest BCUT2D eigenvalue weighted by molar-refractivity contribution is 7.92. The van der Waals surface area contributed by atoms with Gasteiger partial charge in [0.1, 0.15) is 6.10 Å². The van der Waals surface area contributed by atoms with E-state index in [1.54, 1.807) is 37.1 Å². The zero-order valence-corrected chi connectivity index (χ0v) is 24.3. The van der Waals surface area contributed by atoms with Crippen molar-refractivity contribution in [3.63, 3.8) is 0 Å². The minimum absolute atomic E-state index is 0.135. The summed E-state index contributed by atoms with van der Waals surface area (Å²) in [5, 5.41) is 9.77. The van der Waals surface area contributed by atoms with Crippen molar-refractivity contribution in [3.05, 3.63) is 60.0 Å². The summed E-state index contributed by atoms with van der Waals surface area (Å²) >= 11 is 0. The molecule has 13 heteroatoms. The molecule has 2 aromatic carbocycles. The van der Waals surface area contributed by atoms with Crippen LogP contribution in [0, 0.1) is 5.92 Å². The number of aliphatic hydroxyl groups excluding tert-OH is 1. The standard InChI is InChI=1S/C28H35N5O7S/c1-18-11-33(19(2)15-34)28(35)21-6-5-7-22(30-41(36,37)26-14-32(4)16-29-26)27(21)40-25(18)13-31(3)12-20-8-9-23-24(10-20)39-17-38-23/h5-10,14,16,18-19,25,30,34H,11-13,15,17H2,1-4H3/t18-,19-,25+/m0/s1. The largest absolute Gasteiger partial charge is 0.486 e. The number of hydrogen-bond acceptors (Lipinski definition) is 9. The van der Waals surface area contributed by atoms with Crippen LogP contribution in [-0.4, -0.2) is 84.5 Å². The van der Waals surface area contributed by atoms with Crippen LogP contribution in [0.2, 0.25) is 0 Å². The number of para-hydroxylation sites is 1. The van der Waals surface area contributed by atoms with Gasteiger partial charge in [-0.25, -0.2) is 4.98 Å². The molecule has 0 saturated heterocycles. The van der Waals surface area contributed by atoms with Crippen molar-refractivity contribution in [2.24, 2.45) is 13.0 Å². The maximum atomic E-state index is 13.7. The molecule has 0 unspecified atom stereocenters.